The lowest BCUT2D eigenvalue weighted by molar-refractivity contribution is -0.124. The minimum absolute atomic E-state index is 0.0275. The maximum atomic E-state index is 12.0. The van der Waals surface area contributed by atoms with Gasteiger partial charge in [-0.05, 0) is 26.2 Å². The average Bonchev–Trinajstić information content (AvgIpc) is 3.08. The lowest BCUT2D eigenvalue weighted by Gasteiger charge is -2.12. The molecule has 0 bridgehead atoms. The van der Waals surface area contributed by atoms with Crippen LogP contribution in [0.5, 0.6) is 0 Å². The average molecular weight is 306 g/mol. The Hall–Kier alpha value is -1.85. The van der Waals surface area contributed by atoms with E-state index in [4.69, 9.17) is 0 Å². The summed E-state index contributed by atoms with van der Waals surface area (Å²) in [5, 5.41) is 10.2. The third kappa shape index (κ3) is 4.86. The van der Waals surface area contributed by atoms with E-state index in [2.05, 4.69) is 22.7 Å². The van der Waals surface area contributed by atoms with Crippen LogP contribution in [-0.4, -0.2) is 27.6 Å². The van der Waals surface area contributed by atoms with Gasteiger partial charge in [0.05, 0.1) is 5.69 Å². The third-order valence-corrected chi connectivity index (χ3v) is 3.90. The van der Waals surface area contributed by atoms with Crippen molar-refractivity contribution in [1.82, 2.24) is 15.1 Å². The summed E-state index contributed by atoms with van der Waals surface area (Å²) in [4.78, 5) is 23.8. The monoisotopic (exact) mass is 306 g/mol. The minimum atomic E-state index is -0.140. The molecule has 0 saturated heterocycles. The second-order valence-corrected chi connectivity index (χ2v) is 5.99. The molecule has 2 N–H and O–H groups in total. The summed E-state index contributed by atoms with van der Waals surface area (Å²) < 4.78 is 1.80. The Labute approximate surface area is 131 Å². The van der Waals surface area contributed by atoms with Crippen molar-refractivity contribution in [2.45, 2.75) is 71.4 Å². The topological polar surface area (TPSA) is 76.0 Å². The SMILES string of the molecule is CCCn1nc(C)cc1NC(=O)CCC(=O)NC1CCCC1. The summed E-state index contributed by atoms with van der Waals surface area (Å²) in [5.74, 6) is 0.541. The van der Waals surface area contributed by atoms with Gasteiger partial charge in [-0.1, -0.05) is 19.8 Å². The molecular weight excluding hydrogens is 280 g/mol. The second kappa shape index (κ2) is 7.96. The summed E-state index contributed by atoms with van der Waals surface area (Å²) in [6.45, 7) is 4.73. The van der Waals surface area contributed by atoms with Crippen molar-refractivity contribution in [1.29, 1.82) is 0 Å². The minimum Gasteiger partial charge on any atom is -0.353 e. The standard InChI is InChI=1S/C16H26N4O2/c1-3-10-20-14(11-12(2)19-20)18-16(22)9-8-15(21)17-13-6-4-5-7-13/h11,13H,3-10H2,1-2H3,(H,17,21)(H,18,22). The molecular formula is C16H26N4O2. The summed E-state index contributed by atoms with van der Waals surface area (Å²) >= 11 is 0. The number of carbonyl (C=O) groups is 2. The molecule has 122 valence electrons. The fourth-order valence-electron chi connectivity index (χ4n) is 2.83. The van der Waals surface area contributed by atoms with E-state index in [-0.39, 0.29) is 24.7 Å². The van der Waals surface area contributed by atoms with Gasteiger partial charge in [-0.2, -0.15) is 5.10 Å². The van der Waals surface area contributed by atoms with E-state index in [0.717, 1.165) is 31.5 Å². The van der Waals surface area contributed by atoms with Gasteiger partial charge in [0.1, 0.15) is 5.82 Å². The number of amides is 2. The van der Waals surface area contributed by atoms with Gasteiger partial charge in [0.25, 0.3) is 0 Å². The molecule has 0 atom stereocenters. The van der Waals surface area contributed by atoms with Crippen LogP contribution in [0.3, 0.4) is 0 Å². The fraction of sp³-hybridized carbons (Fsp3) is 0.688. The molecule has 6 nitrogen and oxygen atoms in total. The fourth-order valence-corrected chi connectivity index (χ4v) is 2.83. The number of carbonyl (C=O) groups excluding carboxylic acids is 2. The first-order valence-electron chi connectivity index (χ1n) is 8.22. The predicted octanol–water partition coefficient (Wildman–Crippen LogP) is 2.38. The molecule has 1 fully saturated rings. The molecule has 1 aromatic heterocycles. The summed E-state index contributed by atoms with van der Waals surface area (Å²) in [6, 6.07) is 2.16. The number of hydrogen-bond donors (Lipinski definition) is 2. The van der Waals surface area contributed by atoms with Gasteiger partial charge in [-0.3, -0.25) is 9.59 Å². The molecule has 6 heteroatoms. The van der Waals surface area contributed by atoms with Gasteiger partial charge in [0.2, 0.25) is 11.8 Å². The first kappa shape index (κ1) is 16.5. The zero-order chi connectivity index (χ0) is 15.9. The van der Waals surface area contributed by atoms with Gasteiger partial charge >= 0.3 is 0 Å². The van der Waals surface area contributed by atoms with Gasteiger partial charge in [-0.15, -0.1) is 0 Å². The smallest absolute Gasteiger partial charge is 0.226 e. The Morgan fingerprint density at radius 1 is 1.27 bits per heavy atom. The Bertz CT molecular complexity index is 518. The first-order valence-corrected chi connectivity index (χ1v) is 8.22. The number of nitrogens with one attached hydrogen (secondary N) is 2. The van der Waals surface area contributed by atoms with Crippen molar-refractivity contribution in [2.75, 3.05) is 5.32 Å². The van der Waals surface area contributed by atoms with E-state index in [9.17, 15) is 9.59 Å². The van der Waals surface area contributed by atoms with E-state index in [0.29, 0.717) is 11.9 Å². The van der Waals surface area contributed by atoms with Crippen molar-refractivity contribution >= 4 is 17.6 Å². The molecule has 0 aliphatic heterocycles. The van der Waals surface area contributed by atoms with Gasteiger partial charge in [-0.25, -0.2) is 4.68 Å². The number of hydrogen-bond acceptors (Lipinski definition) is 3. The van der Waals surface area contributed by atoms with Crippen LogP contribution in [0.1, 0.15) is 57.6 Å². The van der Waals surface area contributed by atoms with Gasteiger partial charge < -0.3 is 10.6 Å². The number of anilines is 1. The van der Waals surface area contributed by atoms with Crippen LogP contribution < -0.4 is 10.6 Å². The number of aromatic nitrogens is 2. The largest absolute Gasteiger partial charge is 0.353 e. The van der Waals surface area contributed by atoms with E-state index in [1.54, 1.807) is 4.68 Å². The van der Waals surface area contributed by atoms with Crippen molar-refractivity contribution in [3.63, 3.8) is 0 Å². The van der Waals surface area contributed by atoms with Crippen LogP contribution in [0.2, 0.25) is 0 Å². The van der Waals surface area contributed by atoms with E-state index < -0.39 is 0 Å². The maximum absolute atomic E-state index is 12.0. The molecule has 2 amide bonds. The van der Waals surface area contributed by atoms with Crippen LogP contribution in [0.25, 0.3) is 0 Å². The molecule has 1 heterocycles. The van der Waals surface area contributed by atoms with Crippen molar-refractivity contribution in [2.24, 2.45) is 0 Å². The van der Waals surface area contributed by atoms with Crippen LogP contribution in [-0.2, 0) is 16.1 Å². The Morgan fingerprint density at radius 3 is 2.64 bits per heavy atom. The summed E-state index contributed by atoms with van der Waals surface area (Å²) in [5.41, 5.74) is 0.878. The zero-order valence-corrected chi connectivity index (χ0v) is 13.5. The number of rotatable bonds is 7. The molecule has 2 rings (SSSR count). The number of nitrogens with zero attached hydrogens (tertiary/aromatic N) is 2. The van der Waals surface area contributed by atoms with Gasteiger partial charge in [0.15, 0.2) is 0 Å². The van der Waals surface area contributed by atoms with Crippen molar-refractivity contribution < 1.29 is 9.59 Å². The van der Waals surface area contributed by atoms with Gasteiger partial charge in [0, 0.05) is 31.5 Å². The molecule has 1 aliphatic rings. The van der Waals surface area contributed by atoms with Crippen LogP contribution in [0.4, 0.5) is 5.82 Å². The third-order valence-electron chi connectivity index (χ3n) is 3.90. The highest BCUT2D eigenvalue weighted by molar-refractivity contribution is 5.92. The molecule has 22 heavy (non-hydrogen) atoms. The van der Waals surface area contributed by atoms with Crippen LogP contribution >= 0.6 is 0 Å². The summed E-state index contributed by atoms with van der Waals surface area (Å²) in [6.07, 6.45) is 5.89. The Kier molecular flexibility index (Phi) is 5.98. The van der Waals surface area contributed by atoms with E-state index >= 15 is 0 Å². The lowest BCUT2D eigenvalue weighted by Crippen LogP contribution is -2.33. The van der Waals surface area contributed by atoms with Crippen molar-refractivity contribution in [3.8, 4) is 0 Å². The van der Waals surface area contributed by atoms with Crippen molar-refractivity contribution in [3.05, 3.63) is 11.8 Å². The molecule has 1 aliphatic carbocycles. The normalized spacial score (nSPS) is 15.0. The highest BCUT2D eigenvalue weighted by Crippen LogP contribution is 2.17. The van der Waals surface area contributed by atoms with Crippen LogP contribution in [0, 0.1) is 6.92 Å². The second-order valence-electron chi connectivity index (χ2n) is 5.99. The Morgan fingerprint density at radius 2 is 1.95 bits per heavy atom. The molecule has 1 aromatic rings. The molecule has 0 spiro atoms. The van der Waals surface area contributed by atoms with E-state index in [1.807, 2.05) is 13.0 Å². The molecule has 0 radical (unpaired) electrons. The summed E-state index contributed by atoms with van der Waals surface area (Å²) in [7, 11) is 0. The first-order chi connectivity index (χ1) is 10.6. The maximum Gasteiger partial charge on any atom is 0.226 e. The number of aryl methyl sites for hydroxylation is 2. The highest BCUT2D eigenvalue weighted by atomic mass is 16.2. The van der Waals surface area contributed by atoms with Crippen LogP contribution in [0.15, 0.2) is 6.07 Å². The predicted molar refractivity (Wildman–Crippen MR) is 85.5 cm³/mol. The van der Waals surface area contributed by atoms with E-state index in [1.165, 1.54) is 12.8 Å². The Balaban J connectivity index is 1.76. The quantitative estimate of drug-likeness (QED) is 0.812. The highest BCUT2D eigenvalue weighted by Gasteiger charge is 2.17. The molecule has 0 unspecified atom stereocenters. The molecule has 1 saturated carbocycles. The molecule has 0 aromatic carbocycles. The zero-order valence-electron chi connectivity index (χ0n) is 13.5. The lowest BCUT2D eigenvalue weighted by atomic mass is 10.2.